The SMILES string of the molecule is FC(F)(F)c1cc(Br)ccc1NCc1ncon1. The van der Waals surface area contributed by atoms with Gasteiger partial charge in [-0.05, 0) is 18.2 Å². The van der Waals surface area contributed by atoms with Crippen molar-refractivity contribution in [2.24, 2.45) is 0 Å². The molecular formula is C10H7BrF3N3O. The summed E-state index contributed by atoms with van der Waals surface area (Å²) in [4.78, 5) is 3.71. The van der Waals surface area contributed by atoms with E-state index in [1.165, 1.54) is 12.1 Å². The van der Waals surface area contributed by atoms with E-state index in [1.807, 2.05) is 0 Å². The highest BCUT2D eigenvalue weighted by molar-refractivity contribution is 9.10. The highest BCUT2D eigenvalue weighted by Gasteiger charge is 2.33. The van der Waals surface area contributed by atoms with Gasteiger partial charge in [-0.25, -0.2) is 0 Å². The Bertz CT molecular complexity index is 528. The van der Waals surface area contributed by atoms with Gasteiger partial charge in [-0.3, -0.25) is 0 Å². The molecule has 0 saturated carbocycles. The molecule has 0 aliphatic heterocycles. The number of nitrogens with zero attached hydrogens (tertiary/aromatic N) is 2. The van der Waals surface area contributed by atoms with Gasteiger partial charge in [0.25, 0.3) is 0 Å². The number of hydrogen-bond donors (Lipinski definition) is 1. The second-order valence-corrected chi connectivity index (χ2v) is 4.30. The predicted molar refractivity (Wildman–Crippen MR) is 60.8 cm³/mol. The van der Waals surface area contributed by atoms with Crippen LogP contribution < -0.4 is 5.32 Å². The smallest absolute Gasteiger partial charge is 0.377 e. The summed E-state index contributed by atoms with van der Waals surface area (Å²) >= 11 is 3.01. The average molecular weight is 322 g/mol. The van der Waals surface area contributed by atoms with Crippen molar-refractivity contribution in [1.82, 2.24) is 10.1 Å². The quantitative estimate of drug-likeness (QED) is 0.940. The summed E-state index contributed by atoms with van der Waals surface area (Å²) in [5, 5.41) is 6.13. The molecular weight excluding hydrogens is 315 g/mol. The van der Waals surface area contributed by atoms with Crippen LogP contribution in [0.2, 0.25) is 0 Å². The Morgan fingerprint density at radius 1 is 1.33 bits per heavy atom. The molecule has 2 rings (SSSR count). The maximum Gasteiger partial charge on any atom is 0.418 e. The summed E-state index contributed by atoms with van der Waals surface area (Å²) < 4.78 is 43.2. The molecule has 0 radical (unpaired) electrons. The van der Waals surface area contributed by atoms with Gasteiger partial charge >= 0.3 is 6.18 Å². The summed E-state index contributed by atoms with van der Waals surface area (Å²) in [6, 6.07) is 3.87. The van der Waals surface area contributed by atoms with Crippen molar-refractivity contribution >= 4 is 21.6 Å². The fraction of sp³-hybridized carbons (Fsp3) is 0.200. The van der Waals surface area contributed by atoms with Gasteiger partial charge in [-0.15, -0.1) is 0 Å². The number of halogens is 4. The van der Waals surface area contributed by atoms with Crippen molar-refractivity contribution in [3.8, 4) is 0 Å². The Balaban J connectivity index is 2.22. The van der Waals surface area contributed by atoms with Crippen LogP contribution >= 0.6 is 15.9 Å². The van der Waals surface area contributed by atoms with Crippen LogP contribution in [0.1, 0.15) is 11.4 Å². The van der Waals surface area contributed by atoms with Gasteiger partial charge < -0.3 is 9.84 Å². The van der Waals surface area contributed by atoms with E-state index in [4.69, 9.17) is 0 Å². The Labute approximate surface area is 108 Å². The first kappa shape index (κ1) is 12.9. The minimum Gasteiger partial charge on any atom is -0.377 e. The van der Waals surface area contributed by atoms with E-state index >= 15 is 0 Å². The monoisotopic (exact) mass is 321 g/mol. The number of alkyl halides is 3. The topological polar surface area (TPSA) is 51.0 Å². The first-order valence-electron chi connectivity index (χ1n) is 4.82. The van der Waals surface area contributed by atoms with Crippen LogP contribution in [0.4, 0.5) is 18.9 Å². The Kier molecular flexibility index (Phi) is 3.55. The Morgan fingerprint density at radius 3 is 2.72 bits per heavy atom. The van der Waals surface area contributed by atoms with Gasteiger partial charge in [0.15, 0.2) is 5.82 Å². The lowest BCUT2D eigenvalue weighted by Gasteiger charge is -2.14. The van der Waals surface area contributed by atoms with Crippen molar-refractivity contribution in [2.75, 3.05) is 5.32 Å². The molecule has 0 saturated heterocycles. The molecule has 0 atom stereocenters. The number of aromatic nitrogens is 2. The average Bonchev–Trinajstić information content (AvgIpc) is 2.79. The molecule has 0 spiro atoms. The first-order chi connectivity index (χ1) is 8.47. The van der Waals surface area contributed by atoms with E-state index in [0.717, 1.165) is 12.5 Å². The van der Waals surface area contributed by atoms with Gasteiger partial charge in [0.2, 0.25) is 6.39 Å². The van der Waals surface area contributed by atoms with Gasteiger partial charge in [-0.1, -0.05) is 21.1 Å². The van der Waals surface area contributed by atoms with Crippen LogP contribution in [0.5, 0.6) is 0 Å². The van der Waals surface area contributed by atoms with Crippen LogP contribution in [0.25, 0.3) is 0 Å². The molecule has 0 unspecified atom stereocenters. The fourth-order valence-electron chi connectivity index (χ4n) is 1.35. The standard InChI is InChI=1S/C10H7BrF3N3O/c11-6-1-2-8(7(3-6)10(12,13)14)15-4-9-16-5-18-17-9/h1-3,5,15H,4H2. The van der Waals surface area contributed by atoms with E-state index in [0.29, 0.717) is 4.47 Å². The van der Waals surface area contributed by atoms with Gasteiger partial charge in [0.05, 0.1) is 12.1 Å². The maximum absolute atomic E-state index is 12.8. The van der Waals surface area contributed by atoms with Crippen LogP contribution in [0, 0.1) is 0 Å². The molecule has 1 aromatic carbocycles. The third kappa shape index (κ3) is 3.00. The number of benzene rings is 1. The predicted octanol–water partition coefficient (Wildman–Crippen LogP) is 3.46. The second kappa shape index (κ2) is 4.97. The third-order valence-electron chi connectivity index (χ3n) is 2.13. The van der Waals surface area contributed by atoms with Gasteiger partial charge in [-0.2, -0.15) is 18.2 Å². The number of nitrogens with one attached hydrogen (secondary N) is 1. The molecule has 18 heavy (non-hydrogen) atoms. The van der Waals surface area contributed by atoms with Crippen LogP contribution in [-0.2, 0) is 12.7 Å². The molecule has 8 heteroatoms. The number of rotatable bonds is 3. The summed E-state index contributed by atoms with van der Waals surface area (Å²) in [5.41, 5.74) is -0.782. The lowest BCUT2D eigenvalue weighted by Crippen LogP contribution is -2.11. The minimum absolute atomic E-state index is 0.0319. The van der Waals surface area contributed by atoms with Crippen molar-refractivity contribution in [3.63, 3.8) is 0 Å². The zero-order chi connectivity index (χ0) is 13.2. The van der Waals surface area contributed by atoms with Gasteiger partial charge in [0, 0.05) is 10.2 Å². The second-order valence-electron chi connectivity index (χ2n) is 3.39. The minimum atomic E-state index is -4.43. The number of hydrogen-bond acceptors (Lipinski definition) is 4. The number of anilines is 1. The van der Waals surface area contributed by atoms with Gasteiger partial charge in [0.1, 0.15) is 0 Å². The van der Waals surface area contributed by atoms with Crippen molar-refractivity contribution in [2.45, 2.75) is 12.7 Å². The van der Waals surface area contributed by atoms with Crippen molar-refractivity contribution < 1.29 is 17.7 Å². The van der Waals surface area contributed by atoms with Crippen LogP contribution in [-0.4, -0.2) is 10.1 Å². The highest BCUT2D eigenvalue weighted by atomic mass is 79.9. The van der Waals surface area contributed by atoms with E-state index in [1.54, 1.807) is 0 Å². The third-order valence-corrected chi connectivity index (χ3v) is 2.62. The van der Waals surface area contributed by atoms with Crippen LogP contribution in [0.3, 0.4) is 0 Å². The fourth-order valence-corrected chi connectivity index (χ4v) is 1.71. The van der Waals surface area contributed by atoms with E-state index in [9.17, 15) is 13.2 Å². The molecule has 96 valence electrons. The Hall–Kier alpha value is -1.57. The lowest BCUT2D eigenvalue weighted by molar-refractivity contribution is -0.137. The zero-order valence-electron chi connectivity index (χ0n) is 8.83. The van der Waals surface area contributed by atoms with Crippen molar-refractivity contribution in [1.29, 1.82) is 0 Å². The van der Waals surface area contributed by atoms with E-state index in [-0.39, 0.29) is 18.1 Å². The summed E-state index contributed by atoms with van der Waals surface area (Å²) in [6.07, 6.45) is -3.31. The molecule has 0 fully saturated rings. The summed E-state index contributed by atoms with van der Waals surface area (Å²) in [5.74, 6) is 0.283. The molecule has 1 N–H and O–H groups in total. The van der Waals surface area contributed by atoms with E-state index < -0.39 is 11.7 Å². The zero-order valence-corrected chi connectivity index (χ0v) is 10.4. The normalized spacial score (nSPS) is 11.6. The largest absolute Gasteiger partial charge is 0.418 e. The maximum atomic E-state index is 12.8. The first-order valence-corrected chi connectivity index (χ1v) is 5.62. The molecule has 1 heterocycles. The van der Waals surface area contributed by atoms with Crippen LogP contribution in [0.15, 0.2) is 33.6 Å². The van der Waals surface area contributed by atoms with E-state index in [2.05, 4.69) is 35.9 Å². The molecule has 1 aromatic heterocycles. The lowest BCUT2D eigenvalue weighted by atomic mass is 10.1. The summed E-state index contributed by atoms with van der Waals surface area (Å²) in [7, 11) is 0. The molecule has 2 aromatic rings. The molecule has 4 nitrogen and oxygen atoms in total. The molecule has 0 bridgehead atoms. The van der Waals surface area contributed by atoms with Crippen molar-refractivity contribution in [3.05, 3.63) is 40.5 Å². The molecule has 0 aliphatic carbocycles. The highest BCUT2D eigenvalue weighted by Crippen LogP contribution is 2.36. The molecule has 0 amide bonds. The molecule has 0 aliphatic rings. The Morgan fingerprint density at radius 2 is 2.11 bits per heavy atom. The summed E-state index contributed by atoms with van der Waals surface area (Å²) in [6.45, 7) is 0.0568.